The van der Waals surface area contributed by atoms with Crippen molar-refractivity contribution < 1.29 is 29.3 Å². The van der Waals surface area contributed by atoms with Gasteiger partial charge >= 0.3 is 5.97 Å². The van der Waals surface area contributed by atoms with Gasteiger partial charge in [0, 0.05) is 0 Å². The van der Waals surface area contributed by atoms with E-state index in [2.05, 4.69) is 0 Å². The lowest BCUT2D eigenvalue weighted by Gasteiger charge is -2.14. The number of thioether (sulfide) groups is 1. The van der Waals surface area contributed by atoms with Crippen LogP contribution < -0.4 is 14.4 Å². The van der Waals surface area contributed by atoms with Gasteiger partial charge in [0.25, 0.3) is 5.91 Å². The third-order valence-corrected chi connectivity index (χ3v) is 5.04. The molecule has 0 atom stereocenters. The number of thiocarbonyl (C=S) groups is 1. The summed E-state index contributed by atoms with van der Waals surface area (Å²) in [5.74, 6) is -0.625. The zero-order valence-corrected chi connectivity index (χ0v) is 16.3. The fourth-order valence-electron chi connectivity index (χ4n) is 2.48. The third-order valence-electron chi connectivity index (χ3n) is 3.74. The van der Waals surface area contributed by atoms with E-state index in [1.54, 1.807) is 36.4 Å². The van der Waals surface area contributed by atoms with Crippen LogP contribution in [0.4, 0.5) is 5.69 Å². The van der Waals surface area contributed by atoms with Crippen molar-refractivity contribution in [3.8, 4) is 17.2 Å². The van der Waals surface area contributed by atoms with E-state index in [1.165, 1.54) is 24.1 Å². The van der Waals surface area contributed by atoms with Crippen LogP contribution in [0, 0.1) is 0 Å². The summed E-state index contributed by atoms with van der Waals surface area (Å²) < 4.78 is 10.8. The van der Waals surface area contributed by atoms with Crippen LogP contribution in [0.1, 0.15) is 5.56 Å². The number of hydrogen-bond donors (Lipinski definition) is 2. The molecule has 1 amide bonds. The second-order valence-corrected chi connectivity index (χ2v) is 7.30. The number of carbonyl (C=O) groups is 2. The summed E-state index contributed by atoms with van der Waals surface area (Å²) in [4.78, 5) is 25.3. The Kier molecular flexibility index (Phi) is 5.86. The minimum absolute atomic E-state index is 0.0991. The van der Waals surface area contributed by atoms with Gasteiger partial charge < -0.3 is 19.7 Å². The van der Waals surface area contributed by atoms with Gasteiger partial charge in [-0.25, -0.2) is 4.79 Å². The second-order valence-electron chi connectivity index (χ2n) is 5.63. The van der Waals surface area contributed by atoms with Crippen LogP contribution in [0.15, 0.2) is 47.4 Å². The predicted octanol–water partition coefficient (Wildman–Crippen LogP) is 3.27. The molecular formula is C19H15NO6S2. The summed E-state index contributed by atoms with van der Waals surface area (Å²) in [5.41, 5.74) is 1.24. The van der Waals surface area contributed by atoms with E-state index in [0.717, 1.165) is 11.8 Å². The molecule has 144 valence electrons. The summed E-state index contributed by atoms with van der Waals surface area (Å²) in [7, 11) is 1.44. The Balaban J connectivity index is 1.85. The van der Waals surface area contributed by atoms with Gasteiger partial charge in [0.05, 0.1) is 17.7 Å². The highest BCUT2D eigenvalue weighted by Gasteiger charge is 2.33. The Morgan fingerprint density at radius 1 is 1.21 bits per heavy atom. The maximum Gasteiger partial charge on any atom is 0.341 e. The smallest absolute Gasteiger partial charge is 0.341 e. The lowest BCUT2D eigenvalue weighted by Crippen LogP contribution is -2.27. The standard InChI is InChI=1S/C19H15NO6S2/c1-25-15-8-11(2-7-14(15)26-10-17(22)23)9-16-18(24)20(19(27)28-16)12-3-5-13(21)6-4-12/h2-9,21H,10H2,1H3,(H,22,23)/b16-9+. The molecule has 0 aromatic heterocycles. The first kappa shape index (κ1) is 19.7. The third kappa shape index (κ3) is 4.26. The lowest BCUT2D eigenvalue weighted by molar-refractivity contribution is -0.139. The van der Waals surface area contributed by atoms with Crippen LogP contribution in [-0.4, -0.2) is 40.1 Å². The summed E-state index contributed by atoms with van der Waals surface area (Å²) in [6.07, 6.45) is 1.67. The number of rotatable bonds is 6. The Hall–Kier alpha value is -3.04. The van der Waals surface area contributed by atoms with Crippen LogP contribution in [0.3, 0.4) is 0 Å². The summed E-state index contributed by atoms with van der Waals surface area (Å²) in [6.45, 7) is -0.485. The number of nitrogens with zero attached hydrogens (tertiary/aromatic N) is 1. The van der Waals surface area contributed by atoms with Crippen LogP contribution in [0.25, 0.3) is 6.08 Å². The van der Waals surface area contributed by atoms with E-state index in [0.29, 0.717) is 32.0 Å². The Morgan fingerprint density at radius 2 is 1.93 bits per heavy atom. The molecule has 1 aliphatic heterocycles. The maximum atomic E-state index is 12.8. The molecule has 2 aromatic rings. The highest BCUT2D eigenvalue weighted by Crippen LogP contribution is 2.37. The van der Waals surface area contributed by atoms with Crippen LogP contribution in [0.2, 0.25) is 0 Å². The van der Waals surface area contributed by atoms with Crippen molar-refractivity contribution in [2.45, 2.75) is 0 Å². The van der Waals surface area contributed by atoms with Crippen LogP contribution >= 0.6 is 24.0 Å². The summed E-state index contributed by atoms with van der Waals surface area (Å²) in [5, 5.41) is 18.1. The molecule has 0 unspecified atom stereocenters. The molecule has 2 N–H and O–H groups in total. The number of amides is 1. The molecule has 2 aromatic carbocycles. The van der Waals surface area contributed by atoms with Gasteiger partial charge in [-0.05, 0) is 48.0 Å². The number of hydrogen-bond acceptors (Lipinski definition) is 7. The van der Waals surface area contributed by atoms with Crippen molar-refractivity contribution in [3.63, 3.8) is 0 Å². The molecule has 0 saturated carbocycles. The normalized spacial score (nSPS) is 15.2. The molecule has 1 heterocycles. The quantitative estimate of drug-likeness (QED) is 0.546. The summed E-state index contributed by atoms with van der Waals surface area (Å²) >= 11 is 6.48. The average Bonchev–Trinajstić information content (AvgIpc) is 2.94. The van der Waals surface area contributed by atoms with Crippen molar-refractivity contribution in [3.05, 3.63) is 52.9 Å². The Bertz CT molecular complexity index is 971. The Morgan fingerprint density at radius 3 is 2.57 bits per heavy atom. The van der Waals surface area contributed by atoms with Gasteiger partial charge in [-0.1, -0.05) is 30.0 Å². The molecule has 1 saturated heterocycles. The maximum absolute atomic E-state index is 12.8. The average molecular weight is 417 g/mol. The topological polar surface area (TPSA) is 96.3 Å². The summed E-state index contributed by atoms with van der Waals surface area (Å²) in [6, 6.07) is 11.1. The SMILES string of the molecule is COc1cc(/C=C2/SC(=S)N(c3ccc(O)cc3)C2=O)ccc1OCC(=O)O. The number of methoxy groups -OCH3 is 1. The zero-order chi connectivity index (χ0) is 20.3. The predicted molar refractivity (Wildman–Crippen MR) is 110 cm³/mol. The highest BCUT2D eigenvalue weighted by atomic mass is 32.2. The molecule has 28 heavy (non-hydrogen) atoms. The molecule has 9 heteroatoms. The number of phenolic OH excluding ortho intramolecular Hbond substituents is 1. The monoisotopic (exact) mass is 417 g/mol. The number of aromatic hydroxyl groups is 1. The molecular weight excluding hydrogens is 402 g/mol. The molecule has 0 bridgehead atoms. The minimum Gasteiger partial charge on any atom is -0.508 e. The van der Waals surface area contributed by atoms with E-state index in [-0.39, 0.29) is 11.7 Å². The van der Waals surface area contributed by atoms with E-state index in [9.17, 15) is 14.7 Å². The van der Waals surface area contributed by atoms with Gasteiger partial charge in [-0.15, -0.1) is 0 Å². The molecule has 3 rings (SSSR count). The van der Waals surface area contributed by atoms with Crippen molar-refractivity contribution in [2.75, 3.05) is 18.6 Å². The zero-order valence-electron chi connectivity index (χ0n) is 14.6. The molecule has 1 aliphatic rings. The number of carboxylic acid groups (broad SMARTS) is 1. The van der Waals surface area contributed by atoms with Gasteiger partial charge in [0.1, 0.15) is 5.75 Å². The number of carbonyl (C=O) groups excluding carboxylic acids is 1. The van der Waals surface area contributed by atoms with Crippen LogP contribution in [0.5, 0.6) is 17.2 Å². The molecule has 1 fully saturated rings. The first-order chi connectivity index (χ1) is 13.4. The first-order valence-corrected chi connectivity index (χ1v) is 9.21. The van der Waals surface area contributed by atoms with Gasteiger partial charge in [-0.2, -0.15) is 0 Å². The van der Waals surface area contributed by atoms with Gasteiger partial charge in [0.15, 0.2) is 22.4 Å². The lowest BCUT2D eigenvalue weighted by atomic mass is 10.2. The number of carboxylic acids is 1. The highest BCUT2D eigenvalue weighted by molar-refractivity contribution is 8.27. The minimum atomic E-state index is -1.09. The Labute approximate surface area is 170 Å². The van der Waals surface area contributed by atoms with Gasteiger partial charge in [-0.3, -0.25) is 9.69 Å². The van der Waals surface area contributed by atoms with Crippen molar-refractivity contribution in [1.82, 2.24) is 0 Å². The van der Waals surface area contributed by atoms with Crippen LogP contribution in [-0.2, 0) is 9.59 Å². The largest absolute Gasteiger partial charge is 0.508 e. The van der Waals surface area contributed by atoms with E-state index in [1.807, 2.05) is 0 Å². The second kappa shape index (κ2) is 8.32. The molecule has 0 radical (unpaired) electrons. The van der Waals surface area contributed by atoms with Crippen molar-refractivity contribution in [1.29, 1.82) is 0 Å². The van der Waals surface area contributed by atoms with Gasteiger partial charge in [0.2, 0.25) is 0 Å². The molecule has 0 aliphatic carbocycles. The van der Waals surface area contributed by atoms with Crippen molar-refractivity contribution in [2.24, 2.45) is 0 Å². The first-order valence-electron chi connectivity index (χ1n) is 7.98. The van der Waals surface area contributed by atoms with E-state index >= 15 is 0 Å². The number of phenols is 1. The number of anilines is 1. The molecule has 0 spiro atoms. The van der Waals surface area contributed by atoms with E-state index < -0.39 is 12.6 Å². The van der Waals surface area contributed by atoms with Crippen molar-refractivity contribution >= 4 is 51.9 Å². The van der Waals surface area contributed by atoms with E-state index in [4.69, 9.17) is 26.8 Å². The number of aliphatic carboxylic acids is 1. The number of ether oxygens (including phenoxy) is 2. The number of benzene rings is 2. The molecule has 7 nitrogen and oxygen atoms in total. The fraction of sp³-hybridized carbons (Fsp3) is 0.105. The fourth-order valence-corrected chi connectivity index (χ4v) is 3.78.